The van der Waals surface area contributed by atoms with E-state index in [4.69, 9.17) is 25.5 Å². The SMILES string of the molecule is CC(OC(=O)C(C)(C)Oc1ccc(Cl)cc1)c1nnc(-c2ccc([N+](=O)[O-])cc2)o1. The van der Waals surface area contributed by atoms with E-state index in [1.807, 2.05) is 0 Å². The van der Waals surface area contributed by atoms with E-state index >= 15 is 0 Å². The summed E-state index contributed by atoms with van der Waals surface area (Å²) in [4.78, 5) is 22.8. The van der Waals surface area contributed by atoms with Crippen LogP contribution in [0.3, 0.4) is 0 Å². The maximum absolute atomic E-state index is 12.6. The molecule has 0 radical (unpaired) electrons. The number of halogens is 1. The summed E-state index contributed by atoms with van der Waals surface area (Å²) in [5.41, 5.74) is -0.823. The summed E-state index contributed by atoms with van der Waals surface area (Å²) in [7, 11) is 0. The van der Waals surface area contributed by atoms with Crippen LogP contribution >= 0.6 is 11.6 Å². The Bertz CT molecular complexity index is 1050. The Balaban J connectivity index is 1.66. The zero-order valence-corrected chi connectivity index (χ0v) is 17.1. The summed E-state index contributed by atoms with van der Waals surface area (Å²) in [6, 6.07) is 12.3. The van der Waals surface area contributed by atoms with Gasteiger partial charge in [-0.3, -0.25) is 10.1 Å². The predicted octanol–water partition coefficient (Wildman–Crippen LogP) is 4.76. The number of aromatic nitrogens is 2. The van der Waals surface area contributed by atoms with Crippen molar-refractivity contribution < 1.29 is 23.6 Å². The third-order valence-electron chi connectivity index (χ3n) is 4.08. The van der Waals surface area contributed by atoms with Crippen molar-refractivity contribution in [3.05, 3.63) is 69.6 Å². The lowest BCUT2D eigenvalue weighted by Crippen LogP contribution is -2.40. The van der Waals surface area contributed by atoms with Gasteiger partial charge in [0.15, 0.2) is 11.7 Å². The molecule has 0 saturated heterocycles. The van der Waals surface area contributed by atoms with E-state index in [0.717, 1.165) is 0 Å². The van der Waals surface area contributed by atoms with Gasteiger partial charge in [-0.2, -0.15) is 0 Å². The molecule has 0 amide bonds. The maximum atomic E-state index is 12.6. The third-order valence-corrected chi connectivity index (χ3v) is 4.33. The highest BCUT2D eigenvalue weighted by Crippen LogP contribution is 2.27. The number of hydrogen-bond acceptors (Lipinski definition) is 8. The fourth-order valence-electron chi connectivity index (χ4n) is 2.43. The van der Waals surface area contributed by atoms with E-state index < -0.39 is 22.6 Å². The maximum Gasteiger partial charge on any atom is 0.350 e. The highest BCUT2D eigenvalue weighted by Gasteiger charge is 2.34. The molecule has 0 aliphatic heterocycles. The zero-order chi connectivity index (χ0) is 21.9. The van der Waals surface area contributed by atoms with Crippen molar-refractivity contribution >= 4 is 23.3 Å². The number of hydrogen-bond donors (Lipinski definition) is 0. The van der Waals surface area contributed by atoms with E-state index in [-0.39, 0.29) is 17.5 Å². The summed E-state index contributed by atoms with van der Waals surface area (Å²) >= 11 is 5.85. The minimum absolute atomic E-state index is 0.0521. The molecular formula is C20H18ClN3O6. The first kappa shape index (κ1) is 21.3. The first-order chi connectivity index (χ1) is 14.2. The van der Waals surface area contributed by atoms with Gasteiger partial charge in [0.05, 0.1) is 4.92 Å². The number of nitrogens with zero attached hydrogens (tertiary/aromatic N) is 3. The van der Waals surface area contributed by atoms with Gasteiger partial charge in [-0.05, 0) is 57.2 Å². The van der Waals surface area contributed by atoms with Crippen LogP contribution in [0, 0.1) is 10.1 Å². The molecule has 0 N–H and O–H groups in total. The van der Waals surface area contributed by atoms with Crippen molar-refractivity contribution in [2.75, 3.05) is 0 Å². The molecule has 1 heterocycles. The molecule has 0 saturated carbocycles. The predicted molar refractivity (Wildman–Crippen MR) is 107 cm³/mol. The highest BCUT2D eigenvalue weighted by molar-refractivity contribution is 6.30. The van der Waals surface area contributed by atoms with E-state index in [0.29, 0.717) is 16.3 Å². The van der Waals surface area contributed by atoms with Crippen LogP contribution in [0.25, 0.3) is 11.5 Å². The van der Waals surface area contributed by atoms with Crippen LogP contribution in [0.1, 0.15) is 32.8 Å². The van der Waals surface area contributed by atoms with Gasteiger partial charge in [0.1, 0.15) is 5.75 Å². The van der Waals surface area contributed by atoms with Crippen molar-refractivity contribution in [3.8, 4) is 17.2 Å². The van der Waals surface area contributed by atoms with Crippen LogP contribution in [0.2, 0.25) is 5.02 Å². The van der Waals surface area contributed by atoms with Crippen LogP contribution in [0.4, 0.5) is 5.69 Å². The Morgan fingerprint density at radius 1 is 1.13 bits per heavy atom. The number of esters is 1. The molecule has 10 heteroatoms. The van der Waals surface area contributed by atoms with E-state index in [1.54, 1.807) is 45.0 Å². The van der Waals surface area contributed by atoms with Crippen molar-refractivity contribution in [1.82, 2.24) is 10.2 Å². The van der Waals surface area contributed by atoms with Crippen molar-refractivity contribution in [2.24, 2.45) is 0 Å². The van der Waals surface area contributed by atoms with Gasteiger partial charge in [0.2, 0.25) is 5.89 Å². The van der Waals surface area contributed by atoms with Crippen molar-refractivity contribution in [2.45, 2.75) is 32.5 Å². The zero-order valence-electron chi connectivity index (χ0n) is 16.4. The van der Waals surface area contributed by atoms with Crippen molar-refractivity contribution in [1.29, 1.82) is 0 Å². The van der Waals surface area contributed by atoms with Crippen LogP contribution in [-0.2, 0) is 9.53 Å². The highest BCUT2D eigenvalue weighted by atomic mass is 35.5. The van der Waals surface area contributed by atoms with Crippen LogP contribution in [-0.4, -0.2) is 26.7 Å². The molecule has 9 nitrogen and oxygen atoms in total. The van der Waals surface area contributed by atoms with E-state index in [2.05, 4.69) is 10.2 Å². The Hall–Kier alpha value is -3.46. The fraction of sp³-hybridized carbons (Fsp3) is 0.250. The average Bonchev–Trinajstić information content (AvgIpc) is 3.20. The molecule has 3 rings (SSSR count). The molecule has 0 spiro atoms. The lowest BCUT2D eigenvalue weighted by atomic mass is 10.1. The molecule has 30 heavy (non-hydrogen) atoms. The minimum atomic E-state index is -1.27. The molecule has 2 aromatic carbocycles. The smallest absolute Gasteiger partial charge is 0.350 e. The van der Waals surface area contributed by atoms with Gasteiger partial charge in [-0.1, -0.05) is 11.6 Å². The van der Waals surface area contributed by atoms with Gasteiger partial charge in [0, 0.05) is 22.7 Å². The summed E-state index contributed by atoms with van der Waals surface area (Å²) in [5.74, 6) is 0.0748. The molecular weight excluding hydrogens is 414 g/mol. The number of non-ortho nitro benzene ring substituents is 1. The Kier molecular flexibility index (Phi) is 6.02. The van der Waals surface area contributed by atoms with Gasteiger partial charge < -0.3 is 13.9 Å². The van der Waals surface area contributed by atoms with E-state index in [1.165, 1.54) is 24.3 Å². The van der Waals surface area contributed by atoms with Crippen LogP contribution < -0.4 is 4.74 Å². The van der Waals surface area contributed by atoms with Gasteiger partial charge in [-0.15, -0.1) is 10.2 Å². The first-order valence-corrected chi connectivity index (χ1v) is 9.27. The molecule has 1 unspecified atom stereocenters. The van der Waals surface area contributed by atoms with Crippen LogP contribution in [0.15, 0.2) is 52.9 Å². The number of nitro groups is 1. The second kappa shape index (κ2) is 8.50. The lowest BCUT2D eigenvalue weighted by molar-refractivity contribution is -0.384. The molecule has 1 atom stereocenters. The number of carbonyl (C=O) groups is 1. The van der Waals surface area contributed by atoms with Crippen LogP contribution in [0.5, 0.6) is 5.75 Å². The minimum Gasteiger partial charge on any atom is -0.476 e. The molecule has 0 fully saturated rings. The van der Waals surface area contributed by atoms with Crippen molar-refractivity contribution in [3.63, 3.8) is 0 Å². The Labute approximate surface area is 176 Å². The molecule has 3 aromatic rings. The first-order valence-electron chi connectivity index (χ1n) is 8.89. The molecule has 1 aromatic heterocycles. The summed E-state index contributed by atoms with van der Waals surface area (Å²) < 4.78 is 16.7. The van der Waals surface area contributed by atoms with Gasteiger partial charge in [0.25, 0.3) is 11.6 Å². The normalized spacial score (nSPS) is 12.3. The van der Waals surface area contributed by atoms with E-state index in [9.17, 15) is 14.9 Å². The quantitative estimate of drug-likeness (QED) is 0.298. The molecule has 0 aliphatic carbocycles. The van der Waals surface area contributed by atoms with Gasteiger partial charge >= 0.3 is 5.97 Å². The average molecular weight is 432 g/mol. The number of ether oxygens (including phenoxy) is 2. The number of nitro benzene ring substituents is 1. The monoisotopic (exact) mass is 431 g/mol. The second-order valence-electron chi connectivity index (χ2n) is 6.86. The molecule has 0 bridgehead atoms. The summed E-state index contributed by atoms with van der Waals surface area (Å²) in [6.07, 6.45) is -0.829. The number of carbonyl (C=O) groups excluding carboxylic acids is 1. The largest absolute Gasteiger partial charge is 0.476 e. The second-order valence-corrected chi connectivity index (χ2v) is 7.30. The Morgan fingerprint density at radius 3 is 2.37 bits per heavy atom. The molecule has 156 valence electrons. The molecule has 0 aliphatic rings. The standard InChI is InChI=1S/C20H18ClN3O6/c1-12(28-19(25)20(2,3)30-16-10-6-14(21)7-11-16)17-22-23-18(29-17)13-4-8-15(9-5-13)24(26)27/h4-12H,1-3H3. The summed E-state index contributed by atoms with van der Waals surface area (Å²) in [5, 5.41) is 19.1. The number of benzene rings is 2. The summed E-state index contributed by atoms with van der Waals surface area (Å²) in [6.45, 7) is 4.74. The topological polar surface area (TPSA) is 118 Å². The lowest BCUT2D eigenvalue weighted by Gasteiger charge is -2.25. The third kappa shape index (κ3) is 4.93. The van der Waals surface area contributed by atoms with Gasteiger partial charge in [-0.25, -0.2) is 4.79 Å². The fourth-order valence-corrected chi connectivity index (χ4v) is 2.56. The Morgan fingerprint density at radius 2 is 1.77 bits per heavy atom. The number of rotatable bonds is 7.